The van der Waals surface area contributed by atoms with Gasteiger partial charge in [-0.15, -0.1) is 0 Å². The third-order valence-electron chi connectivity index (χ3n) is 3.34. The van der Waals surface area contributed by atoms with Crippen molar-refractivity contribution < 1.29 is 14.3 Å². The van der Waals surface area contributed by atoms with Crippen molar-refractivity contribution in [2.45, 2.75) is 26.2 Å². The van der Waals surface area contributed by atoms with E-state index in [1.807, 2.05) is 48.5 Å². The van der Waals surface area contributed by atoms with Crippen LogP contribution in [-0.2, 0) is 4.79 Å². The lowest BCUT2D eigenvalue weighted by Gasteiger charge is -2.09. The van der Waals surface area contributed by atoms with Gasteiger partial charge in [0.15, 0.2) is 6.61 Å². The van der Waals surface area contributed by atoms with Crippen molar-refractivity contribution in [3.63, 3.8) is 0 Å². The van der Waals surface area contributed by atoms with E-state index in [1.165, 1.54) is 12.8 Å². The van der Waals surface area contributed by atoms with Gasteiger partial charge in [-0.3, -0.25) is 4.79 Å². The van der Waals surface area contributed by atoms with Gasteiger partial charge in [-0.25, -0.2) is 0 Å². The van der Waals surface area contributed by atoms with E-state index in [1.54, 1.807) is 0 Å². The van der Waals surface area contributed by atoms with Gasteiger partial charge in [-0.2, -0.15) is 0 Å². The highest BCUT2D eigenvalue weighted by Gasteiger charge is 2.04. The molecule has 0 spiro atoms. The molecule has 2 rings (SSSR count). The Morgan fingerprint density at radius 1 is 0.958 bits per heavy atom. The molecule has 0 bridgehead atoms. The first-order valence-electron chi connectivity index (χ1n) is 8.08. The molecule has 0 saturated carbocycles. The van der Waals surface area contributed by atoms with Crippen molar-refractivity contribution >= 4 is 34.2 Å². The van der Waals surface area contributed by atoms with Gasteiger partial charge in [0.25, 0.3) is 5.91 Å². The molecule has 0 aliphatic rings. The molecule has 0 unspecified atom stereocenters. The second kappa shape index (κ2) is 10.2. The Hall–Kier alpha value is -1.76. The Balaban J connectivity index is 1.73. The van der Waals surface area contributed by atoms with Crippen LogP contribution in [0.5, 0.6) is 11.5 Å². The van der Waals surface area contributed by atoms with Gasteiger partial charge in [0.05, 0.1) is 6.61 Å². The predicted molar refractivity (Wildman–Crippen MR) is 105 cm³/mol. The Morgan fingerprint density at radius 3 is 2.21 bits per heavy atom. The zero-order chi connectivity index (χ0) is 17.2. The highest BCUT2D eigenvalue weighted by Crippen LogP contribution is 2.18. The van der Waals surface area contributed by atoms with E-state index >= 15 is 0 Å². The summed E-state index contributed by atoms with van der Waals surface area (Å²) in [5.74, 6) is 1.28. The van der Waals surface area contributed by atoms with E-state index in [2.05, 4.69) is 34.8 Å². The summed E-state index contributed by atoms with van der Waals surface area (Å²) in [4.78, 5) is 11.9. The van der Waals surface area contributed by atoms with E-state index in [0.717, 1.165) is 28.0 Å². The van der Waals surface area contributed by atoms with Crippen LogP contribution in [0.25, 0.3) is 0 Å². The van der Waals surface area contributed by atoms with Crippen molar-refractivity contribution in [2.75, 3.05) is 18.5 Å². The number of benzene rings is 2. The minimum Gasteiger partial charge on any atom is -0.494 e. The van der Waals surface area contributed by atoms with E-state index in [4.69, 9.17) is 9.47 Å². The van der Waals surface area contributed by atoms with Gasteiger partial charge in [0.1, 0.15) is 11.5 Å². The molecule has 128 valence electrons. The number of carbonyl (C=O) groups is 1. The van der Waals surface area contributed by atoms with Crippen molar-refractivity contribution in [3.8, 4) is 11.5 Å². The standard InChI is InChI=1S/C19H22INO3/c1-2-3-4-13-23-17-9-11-18(12-10-17)24-14-19(22)21-16-7-5-15(20)6-8-16/h5-12H,2-4,13-14H2,1H3,(H,21,22). The maximum Gasteiger partial charge on any atom is 0.262 e. The minimum atomic E-state index is -0.184. The first-order chi connectivity index (χ1) is 11.7. The summed E-state index contributed by atoms with van der Waals surface area (Å²) in [6.45, 7) is 2.87. The molecule has 4 nitrogen and oxygen atoms in total. The lowest BCUT2D eigenvalue weighted by atomic mass is 10.3. The minimum absolute atomic E-state index is 0.0251. The topological polar surface area (TPSA) is 47.6 Å². The summed E-state index contributed by atoms with van der Waals surface area (Å²) >= 11 is 2.22. The summed E-state index contributed by atoms with van der Waals surface area (Å²) in [5, 5.41) is 2.80. The quantitative estimate of drug-likeness (QED) is 0.448. The Kier molecular flexibility index (Phi) is 7.88. The second-order valence-corrected chi connectivity index (χ2v) is 6.62. The maximum absolute atomic E-state index is 11.9. The highest BCUT2D eigenvalue weighted by molar-refractivity contribution is 14.1. The molecular weight excluding hydrogens is 417 g/mol. The lowest BCUT2D eigenvalue weighted by Crippen LogP contribution is -2.20. The molecule has 0 aliphatic carbocycles. The number of halogens is 1. The molecule has 0 fully saturated rings. The highest BCUT2D eigenvalue weighted by atomic mass is 127. The summed E-state index contributed by atoms with van der Waals surface area (Å²) < 4.78 is 12.3. The molecular formula is C19H22INO3. The number of unbranched alkanes of at least 4 members (excludes halogenated alkanes) is 2. The Bertz CT molecular complexity index is 626. The fourth-order valence-electron chi connectivity index (χ4n) is 2.05. The van der Waals surface area contributed by atoms with Crippen LogP contribution in [-0.4, -0.2) is 19.1 Å². The van der Waals surface area contributed by atoms with Crippen molar-refractivity contribution in [1.82, 2.24) is 0 Å². The maximum atomic E-state index is 11.9. The third-order valence-corrected chi connectivity index (χ3v) is 4.06. The van der Waals surface area contributed by atoms with Gasteiger partial charge in [0, 0.05) is 9.26 Å². The first kappa shape index (κ1) is 18.6. The van der Waals surface area contributed by atoms with Crippen LogP contribution in [0.15, 0.2) is 48.5 Å². The molecule has 0 heterocycles. The van der Waals surface area contributed by atoms with E-state index in [-0.39, 0.29) is 12.5 Å². The monoisotopic (exact) mass is 439 g/mol. The van der Waals surface area contributed by atoms with E-state index < -0.39 is 0 Å². The molecule has 0 atom stereocenters. The van der Waals surface area contributed by atoms with Gasteiger partial charge in [-0.05, 0) is 77.5 Å². The van der Waals surface area contributed by atoms with Gasteiger partial charge >= 0.3 is 0 Å². The van der Waals surface area contributed by atoms with Crippen molar-refractivity contribution in [3.05, 3.63) is 52.1 Å². The molecule has 24 heavy (non-hydrogen) atoms. The number of nitrogens with one attached hydrogen (secondary N) is 1. The van der Waals surface area contributed by atoms with E-state index in [9.17, 15) is 4.79 Å². The average molecular weight is 439 g/mol. The number of hydrogen-bond acceptors (Lipinski definition) is 3. The molecule has 2 aromatic carbocycles. The molecule has 5 heteroatoms. The van der Waals surface area contributed by atoms with Crippen LogP contribution in [0.1, 0.15) is 26.2 Å². The zero-order valence-corrected chi connectivity index (χ0v) is 15.9. The second-order valence-electron chi connectivity index (χ2n) is 5.37. The molecule has 0 radical (unpaired) electrons. The lowest BCUT2D eigenvalue weighted by molar-refractivity contribution is -0.118. The SMILES string of the molecule is CCCCCOc1ccc(OCC(=O)Nc2ccc(I)cc2)cc1. The van der Waals surface area contributed by atoms with Crippen molar-refractivity contribution in [1.29, 1.82) is 0 Å². The molecule has 0 aromatic heterocycles. The number of hydrogen-bond donors (Lipinski definition) is 1. The normalized spacial score (nSPS) is 10.2. The van der Waals surface area contributed by atoms with Gasteiger partial charge < -0.3 is 14.8 Å². The number of amides is 1. The largest absolute Gasteiger partial charge is 0.494 e. The van der Waals surface area contributed by atoms with Crippen LogP contribution >= 0.6 is 22.6 Å². The number of carbonyl (C=O) groups excluding carboxylic acids is 1. The molecule has 1 amide bonds. The zero-order valence-electron chi connectivity index (χ0n) is 13.8. The average Bonchev–Trinajstić information content (AvgIpc) is 2.60. The summed E-state index contributed by atoms with van der Waals surface area (Å²) in [6, 6.07) is 15.0. The number of anilines is 1. The van der Waals surface area contributed by atoms with Crippen LogP contribution < -0.4 is 14.8 Å². The number of rotatable bonds is 9. The number of ether oxygens (including phenoxy) is 2. The summed E-state index contributed by atoms with van der Waals surface area (Å²) in [7, 11) is 0. The van der Waals surface area contributed by atoms with E-state index in [0.29, 0.717) is 5.75 Å². The Morgan fingerprint density at radius 2 is 1.58 bits per heavy atom. The van der Waals surface area contributed by atoms with Crippen LogP contribution in [0, 0.1) is 3.57 Å². The van der Waals surface area contributed by atoms with Crippen LogP contribution in [0.4, 0.5) is 5.69 Å². The molecule has 2 aromatic rings. The van der Waals surface area contributed by atoms with Gasteiger partial charge in [0.2, 0.25) is 0 Å². The van der Waals surface area contributed by atoms with Crippen LogP contribution in [0.2, 0.25) is 0 Å². The third kappa shape index (κ3) is 6.78. The predicted octanol–water partition coefficient (Wildman–Crippen LogP) is 4.88. The van der Waals surface area contributed by atoms with Gasteiger partial charge in [-0.1, -0.05) is 19.8 Å². The molecule has 1 N–H and O–H groups in total. The Labute approximate surface area is 156 Å². The van der Waals surface area contributed by atoms with Crippen molar-refractivity contribution in [2.24, 2.45) is 0 Å². The fraction of sp³-hybridized carbons (Fsp3) is 0.316. The molecule has 0 saturated heterocycles. The summed E-state index contributed by atoms with van der Waals surface area (Å²) in [5.41, 5.74) is 0.764. The first-order valence-corrected chi connectivity index (χ1v) is 9.16. The van der Waals surface area contributed by atoms with Crippen LogP contribution in [0.3, 0.4) is 0 Å². The fourth-order valence-corrected chi connectivity index (χ4v) is 2.41. The smallest absolute Gasteiger partial charge is 0.262 e. The summed E-state index contributed by atoms with van der Waals surface area (Å²) in [6.07, 6.45) is 3.42. The molecule has 0 aliphatic heterocycles.